The number of carbonyl (C=O) groups is 1. The SMILES string of the molecule is CC(C)Cc1cc(C(=O)N(C)CCn2ccc3ccccc32)on1. The van der Waals surface area contributed by atoms with Crippen molar-refractivity contribution in [2.75, 3.05) is 13.6 Å². The minimum atomic E-state index is -0.131. The van der Waals surface area contributed by atoms with Gasteiger partial charge >= 0.3 is 0 Å². The van der Waals surface area contributed by atoms with Crippen LogP contribution in [0.25, 0.3) is 10.9 Å². The molecule has 2 heterocycles. The van der Waals surface area contributed by atoms with Crippen molar-refractivity contribution in [3.63, 3.8) is 0 Å². The predicted octanol–water partition coefficient (Wildman–Crippen LogP) is 3.60. The zero-order valence-electron chi connectivity index (χ0n) is 14.4. The molecule has 0 aliphatic carbocycles. The Balaban J connectivity index is 1.63. The second-order valence-corrected chi connectivity index (χ2v) is 6.58. The zero-order valence-corrected chi connectivity index (χ0v) is 14.4. The average Bonchev–Trinajstić information content (AvgIpc) is 3.18. The smallest absolute Gasteiger partial charge is 0.292 e. The first-order valence-electron chi connectivity index (χ1n) is 8.29. The van der Waals surface area contributed by atoms with Gasteiger partial charge in [0, 0.05) is 37.9 Å². The Morgan fingerprint density at radius 1 is 1.29 bits per heavy atom. The number of likely N-dealkylation sites (N-methyl/N-ethyl adjacent to an activating group) is 1. The van der Waals surface area contributed by atoms with Gasteiger partial charge in [-0.1, -0.05) is 37.2 Å². The van der Waals surface area contributed by atoms with Crippen molar-refractivity contribution in [2.24, 2.45) is 5.92 Å². The first-order chi connectivity index (χ1) is 11.5. The summed E-state index contributed by atoms with van der Waals surface area (Å²) in [4.78, 5) is 14.1. The van der Waals surface area contributed by atoms with Crippen LogP contribution in [0.2, 0.25) is 0 Å². The Hall–Kier alpha value is -2.56. The van der Waals surface area contributed by atoms with Crippen molar-refractivity contribution in [1.29, 1.82) is 0 Å². The lowest BCUT2D eigenvalue weighted by Crippen LogP contribution is -2.29. The number of benzene rings is 1. The summed E-state index contributed by atoms with van der Waals surface area (Å²) in [5, 5.41) is 5.19. The molecule has 0 bridgehead atoms. The largest absolute Gasteiger partial charge is 0.351 e. The molecule has 1 aromatic carbocycles. The number of hydrogen-bond acceptors (Lipinski definition) is 3. The molecule has 0 saturated heterocycles. The lowest BCUT2D eigenvalue weighted by atomic mass is 10.1. The molecule has 0 saturated carbocycles. The van der Waals surface area contributed by atoms with E-state index in [0.717, 1.165) is 18.7 Å². The third kappa shape index (κ3) is 3.50. The number of aromatic nitrogens is 2. The second-order valence-electron chi connectivity index (χ2n) is 6.58. The number of carbonyl (C=O) groups excluding carboxylic acids is 1. The molecule has 3 rings (SSSR count). The van der Waals surface area contributed by atoms with E-state index in [-0.39, 0.29) is 5.91 Å². The van der Waals surface area contributed by atoms with Crippen molar-refractivity contribution in [2.45, 2.75) is 26.8 Å². The maximum absolute atomic E-state index is 12.4. The van der Waals surface area contributed by atoms with Gasteiger partial charge in [-0.05, 0) is 29.9 Å². The molecule has 5 heteroatoms. The van der Waals surface area contributed by atoms with Gasteiger partial charge in [-0.25, -0.2) is 0 Å². The van der Waals surface area contributed by atoms with Crippen LogP contribution in [0.15, 0.2) is 47.1 Å². The molecular weight excluding hydrogens is 302 g/mol. The van der Waals surface area contributed by atoms with Crippen LogP contribution in [-0.4, -0.2) is 34.1 Å². The molecule has 1 amide bonds. The van der Waals surface area contributed by atoms with Gasteiger partial charge in [0.25, 0.3) is 5.91 Å². The molecule has 0 unspecified atom stereocenters. The zero-order chi connectivity index (χ0) is 17.1. The van der Waals surface area contributed by atoms with E-state index in [1.54, 1.807) is 18.0 Å². The maximum atomic E-state index is 12.4. The number of fused-ring (bicyclic) bond motifs is 1. The van der Waals surface area contributed by atoms with Gasteiger partial charge in [0.15, 0.2) is 0 Å². The number of amides is 1. The molecule has 0 aliphatic heterocycles. The molecule has 5 nitrogen and oxygen atoms in total. The summed E-state index contributed by atoms with van der Waals surface area (Å²) >= 11 is 0. The Morgan fingerprint density at radius 3 is 2.88 bits per heavy atom. The molecule has 3 aromatic rings. The molecule has 0 radical (unpaired) electrons. The van der Waals surface area contributed by atoms with E-state index in [2.05, 4.69) is 48.0 Å². The van der Waals surface area contributed by atoms with Crippen molar-refractivity contribution in [3.05, 3.63) is 54.0 Å². The van der Waals surface area contributed by atoms with E-state index in [4.69, 9.17) is 4.52 Å². The lowest BCUT2D eigenvalue weighted by Gasteiger charge is -2.16. The van der Waals surface area contributed by atoms with Crippen molar-refractivity contribution < 1.29 is 9.32 Å². The highest BCUT2D eigenvalue weighted by atomic mass is 16.5. The molecule has 0 spiro atoms. The fraction of sp³-hybridized carbons (Fsp3) is 0.368. The summed E-state index contributed by atoms with van der Waals surface area (Å²) < 4.78 is 7.36. The highest BCUT2D eigenvalue weighted by Crippen LogP contribution is 2.15. The Labute approximate surface area is 141 Å². The van der Waals surface area contributed by atoms with Crippen molar-refractivity contribution in [3.8, 4) is 0 Å². The topological polar surface area (TPSA) is 51.3 Å². The molecular formula is C19H23N3O2. The number of nitrogens with zero attached hydrogens (tertiary/aromatic N) is 3. The molecule has 126 valence electrons. The van der Waals surface area contributed by atoms with Gasteiger partial charge < -0.3 is 14.0 Å². The van der Waals surface area contributed by atoms with Crippen LogP contribution in [0.4, 0.5) is 0 Å². The van der Waals surface area contributed by atoms with E-state index in [1.165, 1.54) is 10.9 Å². The van der Waals surface area contributed by atoms with Crippen LogP contribution in [-0.2, 0) is 13.0 Å². The Bertz CT molecular complexity index is 832. The van der Waals surface area contributed by atoms with Crippen LogP contribution in [0.1, 0.15) is 30.1 Å². The first kappa shape index (κ1) is 16.3. The molecule has 2 aromatic heterocycles. The van der Waals surface area contributed by atoms with Crippen molar-refractivity contribution >= 4 is 16.8 Å². The summed E-state index contributed by atoms with van der Waals surface area (Å²) in [6.07, 6.45) is 2.87. The summed E-state index contributed by atoms with van der Waals surface area (Å²) in [5.74, 6) is 0.664. The van der Waals surface area contributed by atoms with Crippen LogP contribution in [0.3, 0.4) is 0 Å². The number of para-hydroxylation sites is 1. The standard InChI is InChI=1S/C19H23N3O2/c1-14(2)12-16-13-18(24-20-16)19(23)21(3)10-11-22-9-8-15-6-4-5-7-17(15)22/h4-9,13-14H,10-12H2,1-3H3. The summed E-state index contributed by atoms with van der Waals surface area (Å²) in [6.45, 7) is 5.58. The monoisotopic (exact) mass is 325 g/mol. The van der Waals surface area contributed by atoms with E-state index < -0.39 is 0 Å². The van der Waals surface area contributed by atoms with Crippen LogP contribution in [0.5, 0.6) is 0 Å². The minimum absolute atomic E-state index is 0.131. The summed E-state index contributed by atoms with van der Waals surface area (Å²) in [6, 6.07) is 12.1. The Kier molecular flexibility index (Phi) is 4.69. The molecule has 0 atom stereocenters. The molecule has 0 fully saturated rings. The van der Waals surface area contributed by atoms with Crippen molar-refractivity contribution in [1.82, 2.24) is 14.6 Å². The van der Waals surface area contributed by atoms with Gasteiger partial charge in [-0.15, -0.1) is 0 Å². The number of rotatable bonds is 6. The molecule has 0 N–H and O–H groups in total. The minimum Gasteiger partial charge on any atom is -0.351 e. The van der Waals surface area contributed by atoms with E-state index in [9.17, 15) is 4.79 Å². The fourth-order valence-electron chi connectivity index (χ4n) is 2.81. The van der Waals surface area contributed by atoms with Gasteiger partial charge in [-0.2, -0.15) is 0 Å². The quantitative estimate of drug-likeness (QED) is 0.696. The fourth-order valence-corrected chi connectivity index (χ4v) is 2.81. The van der Waals surface area contributed by atoms with E-state index in [1.807, 2.05) is 12.1 Å². The summed E-state index contributed by atoms with van der Waals surface area (Å²) in [7, 11) is 1.79. The van der Waals surface area contributed by atoms with Gasteiger partial charge in [0.05, 0.1) is 5.69 Å². The van der Waals surface area contributed by atoms with E-state index in [0.29, 0.717) is 18.2 Å². The molecule has 24 heavy (non-hydrogen) atoms. The van der Waals surface area contributed by atoms with Gasteiger partial charge in [0.1, 0.15) is 0 Å². The highest BCUT2D eigenvalue weighted by molar-refractivity contribution is 5.91. The van der Waals surface area contributed by atoms with Crippen LogP contribution in [0, 0.1) is 5.92 Å². The lowest BCUT2D eigenvalue weighted by molar-refractivity contribution is 0.0749. The highest BCUT2D eigenvalue weighted by Gasteiger charge is 2.18. The first-order valence-corrected chi connectivity index (χ1v) is 8.29. The molecule has 0 aliphatic rings. The average molecular weight is 325 g/mol. The number of hydrogen-bond donors (Lipinski definition) is 0. The van der Waals surface area contributed by atoms with Gasteiger partial charge in [0.2, 0.25) is 5.76 Å². The predicted molar refractivity (Wildman–Crippen MR) is 93.9 cm³/mol. The van der Waals surface area contributed by atoms with E-state index >= 15 is 0 Å². The normalized spacial score (nSPS) is 11.3. The Morgan fingerprint density at radius 2 is 2.08 bits per heavy atom. The maximum Gasteiger partial charge on any atom is 0.292 e. The summed E-state index contributed by atoms with van der Waals surface area (Å²) in [5.41, 5.74) is 2.01. The van der Waals surface area contributed by atoms with Gasteiger partial charge in [-0.3, -0.25) is 4.79 Å². The van der Waals surface area contributed by atoms with Crippen LogP contribution >= 0.6 is 0 Å². The third-order valence-electron chi connectivity index (χ3n) is 4.09. The van der Waals surface area contributed by atoms with Crippen LogP contribution < -0.4 is 0 Å². The third-order valence-corrected chi connectivity index (χ3v) is 4.09. The second kappa shape index (κ2) is 6.91.